The summed E-state index contributed by atoms with van der Waals surface area (Å²) >= 11 is 1.38. The molecule has 6 rings (SSSR count). The van der Waals surface area contributed by atoms with Gasteiger partial charge in [0, 0.05) is 17.0 Å². The number of nitrogens with zero attached hydrogens (tertiary/aromatic N) is 3. The Hall–Kier alpha value is -4.24. The Morgan fingerprint density at radius 3 is 2.31 bits per heavy atom. The van der Waals surface area contributed by atoms with Gasteiger partial charge in [-0.15, -0.1) is 11.3 Å². The van der Waals surface area contributed by atoms with Crippen LogP contribution in [0.25, 0.3) is 21.3 Å². The van der Waals surface area contributed by atoms with Gasteiger partial charge in [0.2, 0.25) is 0 Å². The third-order valence-electron chi connectivity index (χ3n) is 6.99. The van der Waals surface area contributed by atoms with Crippen LogP contribution in [0.4, 0.5) is 13.2 Å². The third-order valence-corrected chi connectivity index (χ3v) is 8.11. The van der Waals surface area contributed by atoms with Crippen LogP contribution < -0.4 is 5.56 Å². The van der Waals surface area contributed by atoms with Gasteiger partial charge in [0.1, 0.15) is 4.83 Å². The van der Waals surface area contributed by atoms with Gasteiger partial charge >= 0.3 is 6.18 Å². The van der Waals surface area contributed by atoms with E-state index in [0.717, 1.165) is 39.3 Å². The second-order valence-electron chi connectivity index (χ2n) is 9.48. The molecular weight excluding hydrogens is 523 g/mol. The van der Waals surface area contributed by atoms with Crippen LogP contribution >= 0.6 is 11.3 Å². The minimum Gasteiger partial charge on any atom is -0.333 e. The van der Waals surface area contributed by atoms with Gasteiger partial charge in [0.05, 0.1) is 30.4 Å². The summed E-state index contributed by atoms with van der Waals surface area (Å²) in [7, 11) is 0. The second-order valence-corrected chi connectivity index (χ2v) is 10.6. The molecule has 0 N–H and O–H groups in total. The lowest BCUT2D eigenvalue weighted by molar-refractivity contribution is -0.137. The van der Waals surface area contributed by atoms with Crippen molar-refractivity contribution in [3.8, 4) is 11.1 Å². The molecule has 0 fully saturated rings. The predicted molar refractivity (Wildman–Crippen MR) is 145 cm³/mol. The smallest absolute Gasteiger partial charge is 0.333 e. The Morgan fingerprint density at radius 1 is 0.923 bits per heavy atom. The molecule has 9 heteroatoms. The lowest BCUT2D eigenvalue weighted by atomic mass is 10.0. The summed E-state index contributed by atoms with van der Waals surface area (Å²) in [6.45, 7) is 1.05. The van der Waals surface area contributed by atoms with Crippen molar-refractivity contribution in [3.05, 3.63) is 123 Å². The first kappa shape index (κ1) is 25.1. The van der Waals surface area contributed by atoms with Crippen molar-refractivity contribution in [2.24, 2.45) is 0 Å². The number of rotatable bonds is 4. The number of hydrogen-bond acceptors (Lipinski definition) is 4. The van der Waals surface area contributed by atoms with Crippen molar-refractivity contribution in [2.75, 3.05) is 6.54 Å². The summed E-state index contributed by atoms with van der Waals surface area (Å²) < 4.78 is 40.2. The average molecular weight is 546 g/mol. The fourth-order valence-corrected chi connectivity index (χ4v) is 6.11. The summed E-state index contributed by atoms with van der Waals surface area (Å²) in [6.07, 6.45) is -2.42. The molecule has 0 unspecified atom stereocenters. The lowest BCUT2D eigenvalue weighted by Crippen LogP contribution is -2.35. The lowest BCUT2D eigenvalue weighted by Gasteiger charge is -2.27. The first-order valence-corrected chi connectivity index (χ1v) is 13.2. The quantitative estimate of drug-likeness (QED) is 0.263. The largest absolute Gasteiger partial charge is 0.416 e. The molecule has 1 amide bonds. The summed E-state index contributed by atoms with van der Waals surface area (Å²) in [4.78, 5) is 34.1. The minimum absolute atomic E-state index is 0.118. The molecule has 0 aliphatic carbocycles. The Labute approximate surface area is 225 Å². The van der Waals surface area contributed by atoms with Crippen molar-refractivity contribution in [2.45, 2.75) is 25.7 Å². The molecule has 39 heavy (non-hydrogen) atoms. The van der Waals surface area contributed by atoms with E-state index in [1.54, 1.807) is 15.8 Å². The topological polar surface area (TPSA) is 55.2 Å². The van der Waals surface area contributed by atoms with E-state index in [-0.39, 0.29) is 23.6 Å². The van der Waals surface area contributed by atoms with Crippen LogP contribution in [0.15, 0.2) is 90.0 Å². The van der Waals surface area contributed by atoms with Crippen molar-refractivity contribution in [3.63, 3.8) is 0 Å². The molecule has 1 aliphatic heterocycles. The predicted octanol–water partition coefficient (Wildman–Crippen LogP) is 6.39. The van der Waals surface area contributed by atoms with Crippen molar-refractivity contribution < 1.29 is 18.0 Å². The molecule has 0 saturated carbocycles. The van der Waals surface area contributed by atoms with E-state index in [2.05, 4.69) is 17.1 Å². The average Bonchev–Trinajstić information content (AvgIpc) is 3.33. The molecule has 3 aromatic carbocycles. The van der Waals surface area contributed by atoms with Gasteiger partial charge in [-0.3, -0.25) is 14.2 Å². The standard InChI is InChI=1S/C30H22F3N3O2S/c31-30(32,33)23-12-10-22(11-13-23)28(37)35-15-14-24-25(17-35)39-27-26(24)29(38)36(18-34-27)16-19-6-8-21(9-7-19)20-4-2-1-3-5-20/h1-13,18H,14-17H2. The highest BCUT2D eigenvalue weighted by Gasteiger charge is 2.31. The van der Waals surface area contributed by atoms with E-state index >= 15 is 0 Å². The molecule has 5 nitrogen and oxygen atoms in total. The molecule has 0 spiro atoms. The molecule has 0 saturated heterocycles. The van der Waals surface area contributed by atoms with Crippen LogP contribution in [0.3, 0.4) is 0 Å². The molecule has 0 bridgehead atoms. The molecule has 2 aromatic heterocycles. The number of benzene rings is 3. The number of alkyl halides is 3. The van der Waals surface area contributed by atoms with Gasteiger partial charge in [-0.1, -0.05) is 54.6 Å². The van der Waals surface area contributed by atoms with Gasteiger partial charge in [-0.2, -0.15) is 13.2 Å². The number of aromatic nitrogens is 2. The summed E-state index contributed by atoms with van der Waals surface area (Å²) in [5, 5.41) is 0.583. The first-order valence-electron chi connectivity index (χ1n) is 12.4. The van der Waals surface area contributed by atoms with Crippen molar-refractivity contribution in [1.82, 2.24) is 14.5 Å². The van der Waals surface area contributed by atoms with Gasteiger partial charge < -0.3 is 4.90 Å². The van der Waals surface area contributed by atoms with E-state index in [1.165, 1.54) is 23.5 Å². The Kier molecular flexibility index (Phi) is 6.31. The maximum Gasteiger partial charge on any atom is 0.416 e. The zero-order valence-electron chi connectivity index (χ0n) is 20.6. The Morgan fingerprint density at radius 2 is 1.62 bits per heavy atom. The molecule has 196 valence electrons. The minimum atomic E-state index is -4.45. The van der Waals surface area contributed by atoms with Crippen LogP contribution in [-0.2, 0) is 25.7 Å². The zero-order chi connectivity index (χ0) is 27.1. The fraction of sp³-hybridized carbons (Fsp3) is 0.167. The van der Waals surface area contributed by atoms with Crippen LogP contribution in [-0.4, -0.2) is 26.9 Å². The molecule has 0 atom stereocenters. The zero-order valence-corrected chi connectivity index (χ0v) is 21.4. The highest BCUT2D eigenvalue weighted by molar-refractivity contribution is 7.18. The molecular formula is C30H22F3N3O2S. The van der Waals surface area contributed by atoms with Crippen LogP contribution in [0, 0.1) is 0 Å². The van der Waals surface area contributed by atoms with Crippen molar-refractivity contribution in [1.29, 1.82) is 0 Å². The van der Waals surface area contributed by atoms with Crippen LogP contribution in [0.5, 0.6) is 0 Å². The number of fused-ring (bicyclic) bond motifs is 3. The fourth-order valence-electron chi connectivity index (χ4n) is 4.92. The van der Waals surface area contributed by atoms with Gasteiger partial charge in [0.15, 0.2) is 0 Å². The van der Waals surface area contributed by atoms with E-state index in [9.17, 15) is 22.8 Å². The number of carbonyl (C=O) groups is 1. The van der Waals surface area contributed by atoms with Crippen LogP contribution in [0.1, 0.15) is 31.9 Å². The number of amides is 1. The molecule has 0 radical (unpaired) electrons. The maximum absolute atomic E-state index is 13.5. The SMILES string of the molecule is O=C(c1ccc(C(F)(F)F)cc1)N1CCc2c(sc3ncn(Cc4ccc(-c5ccccc5)cc4)c(=O)c23)C1. The van der Waals surface area contributed by atoms with E-state index < -0.39 is 11.7 Å². The number of thiophene rings is 1. The summed E-state index contributed by atoms with van der Waals surface area (Å²) in [6, 6.07) is 22.4. The van der Waals surface area contributed by atoms with Crippen LogP contribution in [0.2, 0.25) is 0 Å². The molecule has 5 aromatic rings. The van der Waals surface area contributed by atoms with E-state index in [4.69, 9.17) is 0 Å². The number of carbonyl (C=O) groups excluding carboxylic acids is 1. The van der Waals surface area contributed by atoms with Crippen molar-refractivity contribution >= 4 is 27.5 Å². The van der Waals surface area contributed by atoms with E-state index in [0.29, 0.717) is 29.7 Å². The van der Waals surface area contributed by atoms with E-state index in [1.807, 2.05) is 42.5 Å². The number of hydrogen-bond donors (Lipinski definition) is 0. The number of halogens is 3. The normalized spacial score (nSPS) is 13.5. The molecule has 3 heterocycles. The highest BCUT2D eigenvalue weighted by Crippen LogP contribution is 2.33. The third kappa shape index (κ3) is 4.85. The van der Waals surface area contributed by atoms with Gasteiger partial charge in [-0.05, 0) is 52.9 Å². The highest BCUT2D eigenvalue weighted by atomic mass is 32.1. The monoisotopic (exact) mass is 545 g/mol. The summed E-state index contributed by atoms with van der Waals surface area (Å²) in [5.74, 6) is -0.337. The Balaban J connectivity index is 1.22. The second kappa shape index (κ2) is 9.81. The Bertz CT molecular complexity index is 1720. The first-order chi connectivity index (χ1) is 18.8. The summed E-state index contributed by atoms with van der Waals surface area (Å²) in [5.41, 5.74) is 3.40. The van der Waals surface area contributed by atoms with Gasteiger partial charge in [-0.25, -0.2) is 4.98 Å². The maximum atomic E-state index is 13.5. The molecule has 1 aliphatic rings. The van der Waals surface area contributed by atoms with Gasteiger partial charge in [0.25, 0.3) is 11.5 Å².